The number of rotatable bonds is 4. The van der Waals surface area contributed by atoms with Crippen molar-refractivity contribution in [3.8, 4) is 23.7 Å². The van der Waals surface area contributed by atoms with Crippen molar-refractivity contribution < 1.29 is 44.6 Å². The summed E-state index contributed by atoms with van der Waals surface area (Å²) in [4.78, 5) is 30.6. The van der Waals surface area contributed by atoms with Crippen molar-refractivity contribution in [3.63, 3.8) is 0 Å². The van der Waals surface area contributed by atoms with E-state index >= 15 is 20.1 Å². The highest BCUT2D eigenvalue weighted by Crippen LogP contribution is 2.87. The monoisotopic (exact) mass is 1190 g/mol. The fraction of sp³-hybridized carbons (Fsp3) is 0.667. The van der Waals surface area contributed by atoms with E-state index < -0.39 is 80.8 Å². The number of aldehydes is 1. The second kappa shape index (κ2) is 19.5. The molecule has 3 aromatic carbocycles. The Balaban J connectivity index is 0.894. The Hall–Kier alpha value is -4.62. The Morgan fingerprint density at radius 2 is 1.56 bits per heavy atom. The summed E-state index contributed by atoms with van der Waals surface area (Å²) in [6.07, 6.45) is 15.7. The number of aliphatic hydroxyl groups excluding tert-OH is 2. The third kappa shape index (κ3) is 6.88. The average molecular weight is 1190 g/mol. The second-order valence-electron chi connectivity index (χ2n) is 32.6. The molecule has 0 unspecified atom stereocenters. The molecule has 13 aliphatic carbocycles. The minimum absolute atomic E-state index is 0.0759. The van der Waals surface area contributed by atoms with E-state index in [4.69, 9.17) is 9.47 Å². The first-order valence-electron chi connectivity index (χ1n) is 35.1. The van der Waals surface area contributed by atoms with Crippen LogP contribution in [-0.2, 0) is 44.9 Å². The van der Waals surface area contributed by atoms with Crippen LogP contribution in [0.1, 0.15) is 162 Å². The van der Waals surface area contributed by atoms with E-state index in [9.17, 15) is 15.0 Å². The Morgan fingerprint density at radius 1 is 0.750 bits per heavy atom. The van der Waals surface area contributed by atoms with Crippen LogP contribution in [0, 0.1) is 134 Å². The first kappa shape index (κ1) is 56.2. The highest BCUT2D eigenvalue weighted by Gasteiger charge is 2.91. The van der Waals surface area contributed by atoms with Gasteiger partial charge in [-0.25, -0.2) is 4.79 Å². The van der Waals surface area contributed by atoms with Crippen LogP contribution in [0.3, 0.4) is 0 Å². The number of ether oxygens (including phenoxy) is 2. The van der Waals surface area contributed by atoms with Gasteiger partial charge in [-0.1, -0.05) is 91.4 Å². The SMILES string of the molecule is CN[C@H]1Cc2c(cccc2CO)C#CCC[C@]23C[C@H]4C#CC[C@@H]5[C@@H](c6ccccc6)CC[C@@]67CC[C@H]8[C@@H](C[C@H]56)[C@@]75C[C@]6(C=O)[C@@H]4[C@@](O)([C@H](O)[C@H]4C[C@H]7CC[C@@H]([C@H]5O[C@@H]8Cc5cccc(c5)C[C@@H]5CC[C@@H](C5)[C@@H]7C)[C@@]46O)[C@@]2(O)C[C@@H]2C[C@@H]1[C@H]1OC(=O)C=C1[C@@H]23. The molecule has 19 bridgehead atoms. The van der Waals surface area contributed by atoms with Crippen molar-refractivity contribution in [2.24, 2.45) is 110 Å². The second-order valence-corrected chi connectivity index (χ2v) is 32.6. The van der Waals surface area contributed by atoms with Crippen molar-refractivity contribution in [1.82, 2.24) is 5.32 Å². The predicted molar refractivity (Wildman–Crippen MR) is 331 cm³/mol. The number of carbonyl (C=O) groups is 2. The predicted octanol–water partition coefficient (Wildman–Crippen LogP) is 10.0. The number of esters is 1. The van der Waals surface area contributed by atoms with E-state index in [2.05, 4.69) is 90.5 Å². The summed E-state index contributed by atoms with van der Waals surface area (Å²) in [6.45, 7) is 2.30. The topological polar surface area (TPSA) is 166 Å². The number of benzene rings is 3. The molecule has 88 heavy (non-hydrogen) atoms. The maximum Gasteiger partial charge on any atom is 0.331 e. The van der Waals surface area contributed by atoms with E-state index in [0.29, 0.717) is 75.5 Å². The molecule has 462 valence electrons. The Morgan fingerprint density at radius 3 is 2.39 bits per heavy atom. The smallest absolute Gasteiger partial charge is 0.331 e. The number of fused-ring (bicyclic) bond motifs is 12. The lowest BCUT2D eigenvalue weighted by Gasteiger charge is -2.79. The van der Waals surface area contributed by atoms with Crippen LogP contribution >= 0.6 is 0 Å². The highest BCUT2D eigenvalue weighted by molar-refractivity contribution is 5.86. The first-order valence-corrected chi connectivity index (χ1v) is 35.1. The molecule has 1 saturated heterocycles. The summed E-state index contributed by atoms with van der Waals surface area (Å²) < 4.78 is 14.8. The molecule has 10 saturated carbocycles. The zero-order valence-electron chi connectivity index (χ0n) is 51.6. The van der Waals surface area contributed by atoms with Crippen molar-refractivity contribution in [2.45, 2.75) is 202 Å². The largest absolute Gasteiger partial charge is 0.454 e. The zero-order valence-corrected chi connectivity index (χ0v) is 51.6. The van der Waals surface area contributed by atoms with Crippen molar-refractivity contribution in [1.29, 1.82) is 0 Å². The van der Waals surface area contributed by atoms with Crippen LogP contribution in [0.15, 0.2) is 84.4 Å². The lowest BCUT2D eigenvalue weighted by Crippen LogP contribution is -2.89. The Labute approximate surface area is 520 Å². The standard InChI is InChI=1S/C78H91NO9/c1-43-49-21-20-46(31-49)30-44-11-8-12-45(29-44)32-65-56-25-28-72-27-24-54(47-13-4-3-5-14-47)55-19-10-17-51-38-73-26-7-6-15-48-16-9-18-52(40-80)57(48)35-64(79-2)58-33-53(67(73)59-36-66(82)88-68(58)59)39-76(73,84)78(86)69(51)74(42-81)41-75(72,62(56)37-61(55)72)71(87-65)60-23-22-50(43)34-63(70(78)83)77(60,74)85/h3-5,8-9,11-14,16,18,29,36,42-43,46,49-51,53-56,58,60-65,67-71,79-80,83-86H,7,19-28,30-35,37-41H2,1-2H3/t43-,46-,49-,50+,51+,53-,54+,55+,56-,58-,60-,61+,62+,63+,64-,65+,67+,68+,69+,70+,71+,72+,73+,74-,75+,76+,77+,78+/m0/s1. The van der Waals surface area contributed by atoms with E-state index in [-0.39, 0.29) is 84.0 Å². The van der Waals surface area contributed by atoms with Crippen molar-refractivity contribution in [3.05, 3.63) is 118 Å². The number of aliphatic hydroxyl groups is 5. The van der Waals surface area contributed by atoms with Crippen LogP contribution in [0.4, 0.5) is 0 Å². The molecule has 10 heteroatoms. The normalized spacial score (nSPS) is 51.6. The summed E-state index contributed by atoms with van der Waals surface area (Å²) in [5.74, 6) is 13.0. The lowest BCUT2D eigenvalue weighted by atomic mass is 9.28. The molecule has 19 rings (SSSR count). The summed E-state index contributed by atoms with van der Waals surface area (Å²) in [5, 5.41) is 76.0. The first-order chi connectivity index (χ1) is 42.7. The molecule has 28 atom stereocenters. The lowest BCUT2D eigenvalue weighted by molar-refractivity contribution is -0.409. The Bertz CT molecular complexity index is 3560. The van der Waals surface area contributed by atoms with Gasteiger partial charge in [0.05, 0.1) is 35.9 Å². The molecule has 0 radical (unpaired) electrons. The molecule has 6 N–H and O–H groups in total. The molecule has 0 amide bonds. The average Bonchev–Trinajstić information content (AvgIpc) is 1.21. The van der Waals surface area contributed by atoms with E-state index in [1.165, 1.54) is 23.1 Å². The van der Waals surface area contributed by atoms with Crippen LogP contribution < -0.4 is 5.32 Å². The van der Waals surface area contributed by atoms with E-state index in [0.717, 1.165) is 92.8 Å². The van der Waals surface area contributed by atoms with Gasteiger partial charge in [-0.2, -0.15) is 0 Å². The van der Waals surface area contributed by atoms with Gasteiger partial charge in [-0.15, -0.1) is 5.92 Å². The number of nitrogens with one attached hydrogen (secondary N) is 1. The minimum atomic E-state index is -2.34. The van der Waals surface area contributed by atoms with Crippen molar-refractivity contribution in [2.75, 3.05) is 7.05 Å². The van der Waals surface area contributed by atoms with Crippen molar-refractivity contribution >= 4 is 12.3 Å². The van der Waals surface area contributed by atoms with Gasteiger partial charge < -0.3 is 45.1 Å². The molecule has 3 spiro atoms. The summed E-state index contributed by atoms with van der Waals surface area (Å²) in [5.41, 5.74) is -2.20. The third-order valence-corrected chi connectivity index (χ3v) is 30.6. The number of likely N-dealkylation sites (N-methyl/N-ethyl adjacent to an activating group) is 1. The third-order valence-electron chi connectivity index (χ3n) is 30.6. The molecule has 16 aliphatic rings. The van der Waals surface area contributed by atoms with Crippen LogP contribution in [0.25, 0.3) is 0 Å². The van der Waals surface area contributed by atoms with Gasteiger partial charge in [-0.3, -0.25) is 0 Å². The maximum absolute atomic E-state index is 16.4. The highest BCUT2D eigenvalue weighted by atomic mass is 16.5. The van der Waals surface area contributed by atoms with Crippen LogP contribution in [0.2, 0.25) is 0 Å². The van der Waals surface area contributed by atoms with Gasteiger partial charge in [0.15, 0.2) is 0 Å². The summed E-state index contributed by atoms with van der Waals surface area (Å²) >= 11 is 0. The van der Waals surface area contributed by atoms with Gasteiger partial charge in [-0.05, 0) is 239 Å². The molecule has 11 fully saturated rings. The van der Waals surface area contributed by atoms with Gasteiger partial charge in [0.25, 0.3) is 0 Å². The number of hydrogen-bond acceptors (Lipinski definition) is 10. The number of hydrogen-bond donors (Lipinski definition) is 6. The fourth-order valence-corrected chi connectivity index (χ4v) is 27.8. The van der Waals surface area contributed by atoms with Gasteiger partial charge >= 0.3 is 5.97 Å². The molecular weight excluding hydrogens is 1090 g/mol. The quantitative estimate of drug-likeness (QED) is 0.0842. The molecule has 0 aromatic heterocycles. The fourth-order valence-electron chi connectivity index (χ4n) is 27.8. The van der Waals surface area contributed by atoms with Gasteiger partial charge in [0.1, 0.15) is 23.6 Å². The van der Waals surface area contributed by atoms with Crippen LogP contribution in [0.5, 0.6) is 0 Å². The number of carbonyl (C=O) groups excluding carboxylic acids is 2. The molecule has 10 nitrogen and oxygen atoms in total. The zero-order chi connectivity index (χ0) is 59.6. The molecule has 3 heterocycles. The molecule has 3 aliphatic heterocycles. The van der Waals surface area contributed by atoms with Gasteiger partial charge in [0.2, 0.25) is 0 Å². The summed E-state index contributed by atoms with van der Waals surface area (Å²) in [7, 11) is 1.95. The minimum Gasteiger partial charge on any atom is -0.454 e. The van der Waals surface area contributed by atoms with Crippen LogP contribution in [-0.4, -0.2) is 92.1 Å². The Kier molecular flexibility index (Phi) is 12.4. The molecule has 3 aromatic rings. The maximum atomic E-state index is 16.4. The summed E-state index contributed by atoms with van der Waals surface area (Å²) in [6, 6.07) is 26.3. The van der Waals surface area contributed by atoms with E-state index in [1.807, 2.05) is 25.2 Å². The van der Waals surface area contributed by atoms with Gasteiger partial charge in [0, 0.05) is 70.9 Å². The molecular formula is C78H91NO9. The van der Waals surface area contributed by atoms with E-state index in [1.54, 1.807) is 6.08 Å².